The molecule has 0 radical (unpaired) electrons. The van der Waals surface area contributed by atoms with E-state index in [1.807, 2.05) is 12.1 Å². The second-order valence-corrected chi connectivity index (χ2v) is 10.1. The molecule has 1 fully saturated rings. The van der Waals surface area contributed by atoms with Gasteiger partial charge in [-0.15, -0.1) is 0 Å². The number of aliphatic hydroxyl groups is 2. The van der Waals surface area contributed by atoms with E-state index in [1.165, 1.54) is 22.3 Å². The standard InChI is InChI=1S/C30H31N3O3/c34-17-23-14-21(6-12-28(23)36)19-2-4-20(5-3-19)29-27-15-22-13-18(1-11-26(22)30(27)33-32-29)16-31-24-7-9-25(35)10-8-24/h1-6,11-14,24-25,31,34-36H,7-10,15-17H2,(H,32,33). The van der Waals surface area contributed by atoms with Crippen molar-refractivity contribution in [1.82, 2.24) is 15.5 Å². The van der Waals surface area contributed by atoms with E-state index in [-0.39, 0.29) is 18.5 Å². The lowest BCUT2D eigenvalue weighted by atomic mass is 9.93. The highest BCUT2D eigenvalue weighted by molar-refractivity contribution is 5.82. The average molecular weight is 482 g/mol. The van der Waals surface area contributed by atoms with E-state index in [0.29, 0.717) is 11.6 Å². The Labute approximate surface area is 210 Å². The number of H-pyrrole nitrogens is 1. The first-order valence-corrected chi connectivity index (χ1v) is 12.7. The molecule has 0 aliphatic heterocycles. The van der Waals surface area contributed by atoms with E-state index in [1.54, 1.807) is 6.07 Å². The molecule has 6 rings (SSSR count). The molecule has 2 aliphatic carbocycles. The third-order valence-corrected chi connectivity index (χ3v) is 7.71. The summed E-state index contributed by atoms with van der Waals surface area (Å²) >= 11 is 0. The molecule has 0 saturated heterocycles. The minimum atomic E-state index is -0.194. The van der Waals surface area contributed by atoms with Gasteiger partial charge in [0.25, 0.3) is 0 Å². The Morgan fingerprint density at radius 2 is 1.64 bits per heavy atom. The molecule has 0 spiro atoms. The van der Waals surface area contributed by atoms with Crippen molar-refractivity contribution in [3.8, 4) is 39.4 Å². The van der Waals surface area contributed by atoms with Gasteiger partial charge < -0.3 is 20.6 Å². The normalized spacial score (nSPS) is 18.7. The van der Waals surface area contributed by atoms with Gasteiger partial charge in [0.15, 0.2) is 0 Å². The Hall–Kier alpha value is -3.45. The minimum absolute atomic E-state index is 0.109. The summed E-state index contributed by atoms with van der Waals surface area (Å²) in [7, 11) is 0. The zero-order chi connectivity index (χ0) is 24.6. The molecular formula is C30H31N3O3. The second kappa shape index (κ2) is 9.54. The summed E-state index contributed by atoms with van der Waals surface area (Å²) in [5, 5.41) is 40.6. The first-order chi connectivity index (χ1) is 17.6. The van der Waals surface area contributed by atoms with Gasteiger partial charge in [-0.25, -0.2) is 0 Å². The van der Waals surface area contributed by atoms with Gasteiger partial charge in [-0.2, -0.15) is 5.10 Å². The molecule has 0 unspecified atom stereocenters. The smallest absolute Gasteiger partial charge is 0.121 e. The van der Waals surface area contributed by atoms with Crippen molar-refractivity contribution in [2.45, 2.75) is 57.4 Å². The van der Waals surface area contributed by atoms with Gasteiger partial charge in [0.05, 0.1) is 24.1 Å². The number of nitrogens with zero attached hydrogens (tertiary/aromatic N) is 1. The van der Waals surface area contributed by atoms with Gasteiger partial charge in [0.1, 0.15) is 5.75 Å². The van der Waals surface area contributed by atoms with Gasteiger partial charge in [-0.3, -0.25) is 5.10 Å². The van der Waals surface area contributed by atoms with E-state index >= 15 is 0 Å². The zero-order valence-electron chi connectivity index (χ0n) is 20.2. The molecule has 2 aliphatic rings. The summed E-state index contributed by atoms with van der Waals surface area (Å²) in [5.41, 5.74) is 10.7. The first-order valence-electron chi connectivity index (χ1n) is 12.7. The fourth-order valence-electron chi connectivity index (χ4n) is 5.59. The lowest BCUT2D eigenvalue weighted by Crippen LogP contribution is -2.34. The monoisotopic (exact) mass is 481 g/mol. The third-order valence-electron chi connectivity index (χ3n) is 7.71. The number of fused-ring (bicyclic) bond motifs is 3. The molecule has 1 saturated carbocycles. The predicted molar refractivity (Wildman–Crippen MR) is 140 cm³/mol. The summed E-state index contributed by atoms with van der Waals surface area (Å²) < 4.78 is 0. The van der Waals surface area contributed by atoms with Crippen LogP contribution < -0.4 is 5.32 Å². The Bertz CT molecular complexity index is 1390. The number of aromatic amines is 1. The fraction of sp³-hybridized carbons (Fsp3) is 0.300. The van der Waals surface area contributed by atoms with E-state index in [0.717, 1.165) is 66.7 Å². The molecule has 0 atom stereocenters. The number of benzene rings is 3. The number of aromatic nitrogens is 2. The molecular weight excluding hydrogens is 450 g/mol. The van der Waals surface area contributed by atoms with Gasteiger partial charge in [0, 0.05) is 41.3 Å². The van der Waals surface area contributed by atoms with Crippen LogP contribution in [0.5, 0.6) is 5.75 Å². The Morgan fingerprint density at radius 1 is 0.889 bits per heavy atom. The molecule has 184 valence electrons. The van der Waals surface area contributed by atoms with Crippen molar-refractivity contribution < 1.29 is 15.3 Å². The van der Waals surface area contributed by atoms with Crippen LogP contribution in [-0.4, -0.2) is 37.7 Å². The summed E-state index contributed by atoms with van der Waals surface area (Å²) in [4.78, 5) is 0. The number of aromatic hydroxyl groups is 1. The van der Waals surface area contributed by atoms with E-state index in [4.69, 9.17) is 0 Å². The zero-order valence-corrected chi connectivity index (χ0v) is 20.2. The average Bonchev–Trinajstić information content (AvgIpc) is 3.48. The Balaban J connectivity index is 1.18. The molecule has 1 heterocycles. The third kappa shape index (κ3) is 4.32. The van der Waals surface area contributed by atoms with Crippen molar-refractivity contribution in [2.75, 3.05) is 0 Å². The van der Waals surface area contributed by atoms with Crippen molar-refractivity contribution in [3.63, 3.8) is 0 Å². The minimum Gasteiger partial charge on any atom is -0.508 e. The highest BCUT2D eigenvalue weighted by Crippen LogP contribution is 2.40. The molecule has 5 N–H and O–H groups in total. The SMILES string of the molecule is OCc1cc(-c2ccc(-c3n[nH]c4c3Cc3cc(CNC5CCC(O)CC5)ccc3-4)cc2)ccc1O. The van der Waals surface area contributed by atoms with Crippen LogP contribution in [0.15, 0.2) is 60.7 Å². The summed E-state index contributed by atoms with van der Waals surface area (Å²) in [6.07, 6.45) is 4.61. The number of hydrogen-bond donors (Lipinski definition) is 5. The van der Waals surface area contributed by atoms with Crippen LogP contribution in [0.25, 0.3) is 33.6 Å². The summed E-state index contributed by atoms with van der Waals surface area (Å²) in [6, 6.07) is 20.8. The molecule has 6 nitrogen and oxygen atoms in total. The number of hydrogen-bond acceptors (Lipinski definition) is 5. The number of rotatable bonds is 6. The van der Waals surface area contributed by atoms with Crippen LogP contribution in [-0.2, 0) is 19.6 Å². The predicted octanol–water partition coefficient (Wildman–Crippen LogP) is 4.91. The van der Waals surface area contributed by atoms with Crippen molar-refractivity contribution in [1.29, 1.82) is 0 Å². The number of nitrogens with one attached hydrogen (secondary N) is 2. The molecule has 1 aromatic heterocycles. The van der Waals surface area contributed by atoms with Gasteiger partial charge in [-0.1, -0.05) is 48.5 Å². The van der Waals surface area contributed by atoms with Gasteiger partial charge in [0.2, 0.25) is 0 Å². The van der Waals surface area contributed by atoms with Crippen LogP contribution in [0.1, 0.15) is 47.9 Å². The van der Waals surface area contributed by atoms with Gasteiger partial charge >= 0.3 is 0 Å². The summed E-state index contributed by atoms with van der Waals surface area (Å²) in [5.74, 6) is 0.109. The largest absolute Gasteiger partial charge is 0.508 e. The molecule has 0 bridgehead atoms. The van der Waals surface area contributed by atoms with E-state index in [2.05, 4.69) is 58.0 Å². The molecule has 3 aromatic carbocycles. The fourth-order valence-corrected chi connectivity index (χ4v) is 5.59. The topological polar surface area (TPSA) is 101 Å². The van der Waals surface area contributed by atoms with Crippen LogP contribution in [0.3, 0.4) is 0 Å². The van der Waals surface area contributed by atoms with Crippen LogP contribution in [0.4, 0.5) is 0 Å². The van der Waals surface area contributed by atoms with Crippen LogP contribution in [0.2, 0.25) is 0 Å². The van der Waals surface area contributed by atoms with E-state index in [9.17, 15) is 15.3 Å². The highest BCUT2D eigenvalue weighted by atomic mass is 16.3. The molecule has 0 amide bonds. The summed E-state index contributed by atoms with van der Waals surface area (Å²) in [6.45, 7) is 0.657. The lowest BCUT2D eigenvalue weighted by molar-refractivity contribution is 0.116. The number of phenols is 1. The van der Waals surface area contributed by atoms with E-state index < -0.39 is 0 Å². The van der Waals surface area contributed by atoms with Crippen molar-refractivity contribution in [2.24, 2.45) is 0 Å². The van der Waals surface area contributed by atoms with Crippen LogP contribution in [0, 0.1) is 0 Å². The number of aliphatic hydroxyl groups excluding tert-OH is 2. The van der Waals surface area contributed by atoms with Crippen LogP contribution >= 0.6 is 0 Å². The maximum Gasteiger partial charge on any atom is 0.121 e. The molecule has 6 heteroatoms. The highest BCUT2D eigenvalue weighted by Gasteiger charge is 2.25. The Morgan fingerprint density at radius 3 is 2.42 bits per heavy atom. The second-order valence-electron chi connectivity index (χ2n) is 10.1. The first kappa shape index (κ1) is 23.0. The van der Waals surface area contributed by atoms with Gasteiger partial charge in [-0.05, 0) is 60.1 Å². The molecule has 4 aromatic rings. The van der Waals surface area contributed by atoms with Crippen molar-refractivity contribution >= 4 is 0 Å². The maximum absolute atomic E-state index is 9.85. The quantitative estimate of drug-likeness (QED) is 0.237. The maximum atomic E-state index is 9.85. The Kier molecular flexibility index (Phi) is 6.09. The van der Waals surface area contributed by atoms with Crippen molar-refractivity contribution in [3.05, 3.63) is 82.9 Å². The molecule has 36 heavy (non-hydrogen) atoms. The lowest BCUT2D eigenvalue weighted by Gasteiger charge is -2.26.